The highest BCUT2D eigenvalue weighted by atomic mass is 32.2. The van der Waals surface area contributed by atoms with Gasteiger partial charge in [0.15, 0.2) is 5.13 Å². The van der Waals surface area contributed by atoms with Gasteiger partial charge in [-0.1, -0.05) is 12.1 Å². The summed E-state index contributed by atoms with van der Waals surface area (Å²) in [6.45, 7) is 1.87. The molecular formula is C18H17N3O2S2. The lowest BCUT2D eigenvalue weighted by Gasteiger charge is -2.12. The predicted molar refractivity (Wildman–Crippen MR) is 104 cm³/mol. The van der Waals surface area contributed by atoms with Crippen LogP contribution in [0.1, 0.15) is 16.1 Å². The molecule has 128 valence electrons. The molecule has 3 aromatic rings. The molecule has 1 amide bonds. The topological polar surface area (TPSA) is 77.2 Å². The van der Waals surface area contributed by atoms with Crippen molar-refractivity contribution in [3.63, 3.8) is 0 Å². The Hall–Kier alpha value is -2.51. The minimum Gasteiger partial charge on any atom is -0.456 e. The van der Waals surface area contributed by atoms with Crippen molar-refractivity contribution in [2.24, 2.45) is 0 Å². The number of nitrogens with one attached hydrogen (secondary N) is 1. The molecule has 1 aromatic heterocycles. The van der Waals surface area contributed by atoms with Crippen molar-refractivity contribution in [2.75, 3.05) is 17.3 Å². The third kappa shape index (κ3) is 4.12. The lowest BCUT2D eigenvalue weighted by molar-refractivity contribution is 0.102. The van der Waals surface area contributed by atoms with Gasteiger partial charge in [0.25, 0.3) is 5.91 Å². The molecule has 0 atom stereocenters. The third-order valence-corrected chi connectivity index (χ3v) is 5.06. The predicted octanol–water partition coefficient (Wildman–Crippen LogP) is 4.80. The summed E-state index contributed by atoms with van der Waals surface area (Å²) in [4.78, 5) is 17.7. The highest BCUT2D eigenvalue weighted by Gasteiger charge is 2.14. The number of thiazole rings is 1. The molecule has 3 N–H and O–H groups in total. The van der Waals surface area contributed by atoms with E-state index in [1.165, 1.54) is 11.3 Å². The summed E-state index contributed by atoms with van der Waals surface area (Å²) in [5.41, 5.74) is 7.56. The number of amides is 1. The van der Waals surface area contributed by atoms with Gasteiger partial charge in [-0.25, -0.2) is 4.98 Å². The van der Waals surface area contributed by atoms with Crippen LogP contribution in [0.5, 0.6) is 11.5 Å². The molecule has 0 aliphatic rings. The van der Waals surface area contributed by atoms with Gasteiger partial charge in [-0.15, -0.1) is 23.1 Å². The van der Waals surface area contributed by atoms with Gasteiger partial charge < -0.3 is 10.5 Å². The number of hydrogen-bond donors (Lipinski definition) is 2. The Morgan fingerprint density at radius 2 is 2.08 bits per heavy atom. The summed E-state index contributed by atoms with van der Waals surface area (Å²) >= 11 is 2.97. The van der Waals surface area contributed by atoms with E-state index in [0.717, 1.165) is 16.3 Å². The van der Waals surface area contributed by atoms with Gasteiger partial charge in [0, 0.05) is 16.0 Å². The second-order valence-corrected chi connectivity index (χ2v) is 6.96. The van der Waals surface area contributed by atoms with Crippen LogP contribution in [0.4, 0.5) is 10.8 Å². The van der Waals surface area contributed by atoms with Crippen LogP contribution < -0.4 is 15.8 Å². The fourth-order valence-corrected chi connectivity index (χ4v) is 3.41. The summed E-state index contributed by atoms with van der Waals surface area (Å²) < 4.78 is 5.93. The highest BCUT2D eigenvalue weighted by molar-refractivity contribution is 7.98. The van der Waals surface area contributed by atoms with E-state index in [1.807, 2.05) is 42.8 Å². The zero-order valence-corrected chi connectivity index (χ0v) is 15.4. The van der Waals surface area contributed by atoms with E-state index in [-0.39, 0.29) is 5.91 Å². The van der Waals surface area contributed by atoms with Gasteiger partial charge in [0.2, 0.25) is 0 Å². The molecule has 0 saturated heterocycles. The number of benzene rings is 2. The van der Waals surface area contributed by atoms with E-state index >= 15 is 0 Å². The Balaban J connectivity index is 1.83. The van der Waals surface area contributed by atoms with E-state index in [4.69, 9.17) is 10.5 Å². The number of para-hydroxylation sites is 1. The second kappa shape index (κ2) is 7.58. The van der Waals surface area contributed by atoms with Crippen LogP contribution in [-0.4, -0.2) is 17.1 Å². The Kier molecular flexibility index (Phi) is 5.25. The normalized spacial score (nSPS) is 10.5. The van der Waals surface area contributed by atoms with Crippen molar-refractivity contribution in [3.05, 3.63) is 59.1 Å². The van der Waals surface area contributed by atoms with Crippen LogP contribution in [0.3, 0.4) is 0 Å². The van der Waals surface area contributed by atoms with Crippen LogP contribution in [0, 0.1) is 6.92 Å². The van der Waals surface area contributed by atoms with Gasteiger partial charge in [0.1, 0.15) is 11.5 Å². The maximum atomic E-state index is 12.5. The number of aryl methyl sites for hydroxylation is 1. The molecule has 0 bridgehead atoms. The van der Waals surface area contributed by atoms with Crippen molar-refractivity contribution >= 4 is 39.8 Å². The molecule has 0 aliphatic carbocycles. The number of anilines is 2. The monoisotopic (exact) mass is 371 g/mol. The molecule has 0 fully saturated rings. The largest absolute Gasteiger partial charge is 0.456 e. The smallest absolute Gasteiger partial charge is 0.259 e. The number of hydrogen-bond acceptors (Lipinski definition) is 6. The Morgan fingerprint density at radius 3 is 2.80 bits per heavy atom. The molecule has 7 heteroatoms. The molecule has 25 heavy (non-hydrogen) atoms. The van der Waals surface area contributed by atoms with Crippen molar-refractivity contribution < 1.29 is 9.53 Å². The fourth-order valence-electron chi connectivity index (χ4n) is 2.20. The molecule has 1 heterocycles. The van der Waals surface area contributed by atoms with Crippen LogP contribution in [-0.2, 0) is 0 Å². The number of ether oxygens (including phenoxy) is 1. The minimum absolute atomic E-state index is 0.310. The van der Waals surface area contributed by atoms with E-state index in [0.29, 0.717) is 22.1 Å². The van der Waals surface area contributed by atoms with Gasteiger partial charge in [-0.05, 0) is 43.5 Å². The molecule has 0 unspecified atom stereocenters. The SMILES string of the molecule is CSc1ccccc1Oc1ccc(N)c(C(=O)Nc2nc(C)cs2)c1. The number of rotatable bonds is 5. The number of thioether (sulfide) groups is 1. The summed E-state index contributed by atoms with van der Waals surface area (Å²) in [6.07, 6.45) is 1.99. The Bertz CT molecular complexity index is 909. The van der Waals surface area contributed by atoms with Crippen molar-refractivity contribution in [2.45, 2.75) is 11.8 Å². The third-order valence-electron chi connectivity index (χ3n) is 3.41. The first kappa shape index (κ1) is 17.3. The van der Waals surface area contributed by atoms with E-state index in [9.17, 15) is 4.79 Å². The van der Waals surface area contributed by atoms with Crippen LogP contribution in [0.2, 0.25) is 0 Å². The molecule has 0 aliphatic heterocycles. The van der Waals surface area contributed by atoms with Gasteiger partial charge in [-0.2, -0.15) is 0 Å². The van der Waals surface area contributed by atoms with Crippen LogP contribution in [0.15, 0.2) is 52.7 Å². The Labute approximate surface area is 154 Å². The molecular weight excluding hydrogens is 354 g/mol. The maximum Gasteiger partial charge on any atom is 0.259 e. The first-order valence-electron chi connectivity index (χ1n) is 7.50. The molecule has 0 spiro atoms. The van der Waals surface area contributed by atoms with Gasteiger partial charge in [0.05, 0.1) is 11.3 Å². The summed E-state index contributed by atoms with van der Waals surface area (Å²) in [7, 11) is 0. The standard InChI is InChI=1S/C18H17N3O2S2/c1-11-10-25-18(20-11)21-17(22)13-9-12(7-8-14(13)19)23-15-5-3-4-6-16(15)24-2/h3-10H,19H2,1-2H3,(H,20,21,22). The van der Waals surface area contributed by atoms with E-state index in [2.05, 4.69) is 10.3 Å². The average molecular weight is 371 g/mol. The number of nitrogens with zero attached hydrogens (tertiary/aromatic N) is 1. The average Bonchev–Trinajstić information content (AvgIpc) is 3.01. The van der Waals surface area contributed by atoms with E-state index < -0.39 is 0 Å². The maximum absolute atomic E-state index is 12.5. The van der Waals surface area contributed by atoms with Crippen LogP contribution in [0.25, 0.3) is 0 Å². The van der Waals surface area contributed by atoms with Gasteiger partial charge in [-0.3, -0.25) is 10.1 Å². The van der Waals surface area contributed by atoms with Crippen LogP contribution >= 0.6 is 23.1 Å². The second-order valence-electron chi connectivity index (χ2n) is 5.25. The first-order valence-corrected chi connectivity index (χ1v) is 9.61. The lowest BCUT2D eigenvalue weighted by Crippen LogP contribution is -2.14. The highest BCUT2D eigenvalue weighted by Crippen LogP contribution is 2.32. The Morgan fingerprint density at radius 1 is 1.28 bits per heavy atom. The molecule has 5 nitrogen and oxygen atoms in total. The molecule has 0 radical (unpaired) electrons. The molecule has 0 saturated carbocycles. The van der Waals surface area contributed by atoms with E-state index in [1.54, 1.807) is 30.0 Å². The fraction of sp³-hybridized carbons (Fsp3) is 0.111. The summed E-state index contributed by atoms with van der Waals surface area (Å²) in [5, 5.41) is 5.18. The van der Waals surface area contributed by atoms with Crippen molar-refractivity contribution in [3.8, 4) is 11.5 Å². The van der Waals surface area contributed by atoms with Gasteiger partial charge >= 0.3 is 0 Å². The first-order chi connectivity index (χ1) is 12.1. The zero-order chi connectivity index (χ0) is 17.8. The number of nitrogens with two attached hydrogens (primary N) is 1. The quantitative estimate of drug-likeness (QED) is 0.497. The molecule has 2 aromatic carbocycles. The number of carbonyl (C=O) groups is 1. The number of aromatic nitrogens is 1. The number of nitrogen functional groups attached to an aromatic ring is 1. The van der Waals surface area contributed by atoms with Crippen molar-refractivity contribution in [1.29, 1.82) is 0 Å². The zero-order valence-electron chi connectivity index (χ0n) is 13.8. The summed E-state index contributed by atoms with van der Waals surface area (Å²) in [5.74, 6) is 0.980. The van der Waals surface area contributed by atoms with Crippen molar-refractivity contribution in [1.82, 2.24) is 4.98 Å². The lowest BCUT2D eigenvalue weighted by atomic mass is 10.1. The minimum atomic E-state index is -0.310. The number of carbonyl (C=O) groups excluding carboxylic acids is 1. The molecule has 3 rings (SSSR count). The summed E-state index contributed by atoms with van der Waals surface area (Å²) in [6, 6.07) is 12.8.